The summed E-state index contributed by atoms with van der Waals surface area (Å²) in [5, 5.41) is 19.3. The smallest absolute Gasteiger partial charge is 0.245 e. The molecule has 2 fully saturated rings. The molecular formula is C33H44N4O7. The molecule has 11 heteroatoms. The largest absolute Gasteiger partial charge is 0.497 e. The number of carbonyl (C=O) groups excluding carboxylic acids is 3. The summed E-state index contributed by atoms with van der Waals surface area (Å²) in [6.45, 7) is 10.8. The van der Waals surface area contributed by atoms with Crippen LogP contribution in [0.5, 0.6) is 5.75 Å². The summed E-state index contributed by atoms with van der Waals surface area (Å²) in [6.07, 6.45) is -0.671. The summed E-state index contributed by atoms with van der Waals surface area (Å²) in [6, 6.07) is 13.6. The SMILES string of the molecule is C=C(CN1CCOCC1)N[C@H](C(=O)N[C@@H](Cc1ccc(OC)cc1)C(=O)N[C@@H](Cc1ccccc1)C(=O)[C@@]1(C)CO1)[C@H](C)O. The minimum absolute atomic E-state index is 0.142. The number of hydrogen-bond donors (Lipinski definition) is 4. The average molecular weight is 609 g/mol. The highest BCUT2D eigenvalue weighted by Gasteiger charge is 2.50. The van der Waals surface area contributed by atoms with Gasteiger partial charge in [-0.15, -0.1) is 0 Å². The van der Waals surface area contributed by atoms with Gasteiger partial charge in [0.1, 0.15) is 23.4 Å². The fraction of sp³-hybridized carbons (Fsp3) is 0.485. The van der Waals surface area contributed by atoms with Crippen LogP contribution in [-0.2, 0) is 36.7 Å². The van der Waals surface area contributed by atoms with Gasteiger partial charge in [0.25, 0.3) is 0 Å². The van der Waals surface area contributed by atoms with Crippen molar-refractivity contribution in [2.75, 3.05) is 46.6 Å². The molecule has 2 aromatic rings. The van der Waals surface area contributed by atoms with E-state index in [1.165, 1.54) is 6.92 Å². The van der Waals surface area contributed by atoms with E-state index in [2.05, 4.69) is 27.4 Å². The lowest BCUT2D eigenvalue weighted by Gasteiger charge is -2.30. The Balaban J connectivity index is 1.51. The lowest BCUT2D eigenvalue weighted by atomic mass is 9.94. The molecule has 0 aromatic heterocycles. The van der Waals surface area contributed by atoms with Gasteiger partial charge < -0.3 is 35.3 Å². The summed E-state index contributed by atoms with van der Waals surface area (Å²) in [5.74, 6) is -0.668. The van der Waals surface area contributed by atoms with Crippen LogP contribution in [0.15, 0.2) is 66.9 Å². The van der Waals surface area contributed by atoms with Crippen molar-refractivity contribution in [3.63, 3.8) is 0 Å². The van der Waals surface area contributed by atoms with Crippen LogP contribution in [-0.4, -0.2) is 104 Å². The minimum atomic E-state index is -1.08. The summed E-state index contributed by atoms with van der Waals surface area (Å²) in [7, 11) is 1.57. The number of hydrogen-bond acceptors (Lipinski definition) is 9. The molecule has 0 bridgehead atoms. The first-order valence-corrected chi connectivity index (χ1v) is 15.0. The maximum Gasteiger partial charge on any atom is 0.245 e. The molecule has 11 nitrogen and oxygen atoms in total. The van der Waals surface area contributed by atoms with Crippen molar-refractivity contribution >= 4 is 17.6 Å². The predicted molar refractivity (Wildman–Crippen MR) is 165 cm³/mol. The first kappa shape index (κ1) is 33.1. The van der Waals surface area contributed by atoms with E-state index in [1.54, 1.807) is 26.2 Å². The summed E-state index contributed by atoms with van der Waals surface area (Å²) < 4.78 is 16.1. The molecule has 4 rings (SSSR count). The number of nitrogens with zero attached hydrogens (tertiary/aromatic N) is 1. The number of epoxide rings is 1. The van der Waals surface area contributed by atoms with Crippen LogP contribution in [0.25, 0.3) is 0 Å². The Morgan fingerprint density at radius 2 is 1.55 bits per heavy atom. The molecule has 44 heavy (non-hydrogen) atoms. The van der Waals surface area contributed by atoms with E-state index in [-0.39, 0.29) is 25.2 Å². The van der Waals surface area contributed by atoms with E-state index >= 15 is 0 Å². The molecule has 5 atom stereocenters. The normalized spacial score (nSPS) is 20.8. The third kappa shape index (κ3) is 9.36. The zero-order valence-electron chi connectivity index (χ0n) is 25.7. The van der Waals surface area contributed by atoms with Gasteiger partial charge in [0.15, 0.2) is 5.78 Å². The van der Waals surface area contributed by atoms with Crippen LogP contribution in [0.4, 0.5) is 0 Å². The second kappa shape index (κ2) is 15.3. The van der Waals surface area contributed by atoms with E-state index in [1.807, 2.05) is 42.5 Å². The first-order chi connectivity index (χ1) is 21.1. The second-order valence-corrected chi connectivity index (χ2v) is 11.6. The van der Waals surface area contributed by atoms with Crippen LogP contribution < -0.4 is 20.7 Å². The molecule has 0 unspecified atom stereocenters. The van der Waals surface area contributed by atoms with Crippen molar-refractivity contribution in [3.05, 3.63) is 78.0 Å². The van der Waals surface area contributed by atoms with Gasteiger partial charge in [0.2, 0.25) is 11.8 Å². The number of aliphatic hydroxyl groups is 1. The van der Waals surface area contributed by atoms with E-state index in [9.17, 15) is 19.5 Å². The first-order valence-electron chi connectivity index (χ1n) is 15.0. The van der Waals surface area contributed by atoms with Crippen molar-refractivity contribution in [1.29, 1.82) is 0 Å². The van der Waals surface area contributed by atoms with Crippen molar-refractivity contribution in [3.8, 4) is 5.75 Å². The Morgan fingerprint density at radius 1 is 0.955 bits per heavy atom. The second-order valence-electron chi connectivity index (χ2n) is 11.6. The third-order valence-electron chi connectivity index (χ3n) is 7.89. The average Bonchev–Trinajstić information content (AvgIpc) is 3.78. The zero-order chi connectivity index (χ0) is 31.7. The fourth-order valence-corrected chi connectivity index (χ4v) is 5.12. The zero-order valence-corrected chi connectivity index (χ0v) is 25.7. The predicted octanol–water partition coefficient (Wildman–Crippen LogP) is 0.993. The molecule has 238 valence electrons. The molecule has 0 radical (unpaired) electrons. The Labute approximate surface area is 258 Å². The van der Waals surface area contributed by atoms with Gasteiger partial charge in [-0.05, 0) is 43.5 Å². The molecule has 2 aliphatic heterocycles. The topological polar surface area (TPSA) is 142 Å². The molecule has 2 amide bonds. The van der Waals surface area contributed by atoms with Gasteiger partial charge in [-0.3, -0.25) is 19.3 Å². The van der Waals surface area contributed by atoms with Gasteiger partial charge >= 0.3 is 0 Å². The van der Waals surface area contributed by atoms with Crippen LogP contribution in [0.2, 0.25) is 0 Å². The number of morpholine rings is 1. The number of benzene rings is 2. The number of aliphatic hydroxyl groups excluding tert-OH is 1. The van der Waals surface area contributed by atoms with Crippen LogP contribution in [0, 0.1) is 0 Å². The molecule has 2 saturated heterocycles. The van der Waals surface area contributed by atoms with Gasteiger partial charge in [0, 0.05) is 31.8 Å². The lowest BCUT2D eigenvalue weighted by molar-refractivity contribution is -0.134. The number of carbonyl (C=O) groups is 3. The molecule has 2 aliphatic rings. The molecule has 2 heterocycles. The maximum atomic E-state index is 13.9. The molecule has 2 aromatic carbocycles. The van der Waals surface area contributed by atoms with E-state index in [0.717, 1.165) is 24.2 Å². The lowest BCUT2D eigenvalue weighted by Crippen LogP contribution is -2.59. The molecule has 4 N–H and O–H groups in total. The fourth-order valence-electron chi connectivity index (χ4n) is 5.12. The third-order valence-corrected chi connectivity index (χ3v) is 7.89. The number of amides is 2. The van der Waals surface area contributed by atoms with Gasteiger partial charge in [0.05, 0.1) is 39.1 Å². The number of nitrogens with one attached hydrogen (secondary N) is 3. The van der Waals surface area contributed by atoms with Crippen molar-refractivity contribution in [2.24, 2.45) is 0 Å². The Morgan fingerprint density at radius 3 is 2.14 bits per heavy atom. The van der Waals surface area contributed by atoms with E-state index in [4.69, 9.17) is 14.2 Å². The standard InChI is InChI=1S/C33H44N4O7/c1-22(20-37-14-16-43-17-15-37)34-29(23(2)38)32(41)36-28(19-25-10-12-26(42-4)13-11-25)31(40)35-27(30(39)33(3)21-44-33)18-24-8-6-5-7-9-24/h5-13,23,27-29,34,38H,1,14-21H2,2-4H3,(H,35,40)(H,36,41)/t23-,27-,28-,29-,33+/m0/s1. The van der Waals surface area contributed by atoms with Gasteiger partial charge in [-0.2, -0.15) is 0 Å². The van der Waals surface area contributed by atoms with Crippen molar-refractivity contribution in [2.45, 2.75) is 56.5 Å². The molecule has 0 saturated carbocycles. The Bertz CT molecular complexity index is 1270. The highest BCUT2D eigenvalue weighted by molar-refractivity contribution is 5.98. The van der Waals surface area contributed by atoms with E-state index < -0.39 is 41.6 Å². The maximum absolute atomic E-state index is 13.9. The highest BCUT2D eigenvalue weighted by Crippen LogP contribution is 2.29. The summed E-state index contributed by atoms with van der Waals surface area (Å²) >= 11 is 0. The van der Waals surface area contributed by atoms with Crippen molar-refractivity contribution < 1.29 is 33.7 Å². The number of Topliss-reactive ketones (excluding diaryl/α,β-unsaturated/α-hetero) is 1. The van der Waals surface area contributed by atoms with Crippen LogP contribution in [0.3, 0.4) is 0 Å². The van der Waals surface area contributed by atoms with Gasteiger partial charge in [-0.1, -0.05) is 49.0 Å². The van der Waals surface area contributed by atoms with Crippen molar-refractivity contribution in [1.82, 2.24) is 20.9 Å². The summed E-state index contributed by atoms with van der Waals surface area (Å²) in [5.41, 5.74) is 1.26. The molecule has 0 aliphatic carbocycles. The molecular weight excluding hydrogens is 564 g/mol. The number of ether oxygens (including phenoxy) is 3. The Kier molecular flexibility index (Phi) is 11.5. The monoisotopic (exact) mass is 608 g/mol. The highest BCUT2D eigenvalue weighted by atomic mass is 16.6. The Hall–Kier alpha value is -3.77. The summed E-state index contributed by atoms with van der Waals surface area (Å²) in [4.78, 5) is 43.0. The van der Waals surface area contributed by atoms with E-state index in [0.29, 0.717) is 31.2 Å². The minimum Gasteiger partial charge on any atom is -0.497 e. The number of methoxy groups -OCH3 is 1. The van der Waals surface area contributed by atoms with Crippen LogP contribution in [0.1, 0.15) is 25.0 Å². The number of rotatable bonds is 16. The van der Waals surface area contributed by atoms with Gasteiger partial charge in [-0.25, -0.2) is 0 Å². The number of ketones is 1. The quantitative estimate of drug-likeness (QED) is 0.205. The molecule has 0 spiro atoms. The van der Waals surface area contributed by atoms with Crippen LogP contribution >= 0.6 is 0 Å².